The molecule has 0 N–H and O–H groups in total. The lowest BCUT2D eigenvalue weighted by atomic mass is 9.83. The van der Waals surface area contributed by atoms with Crippen molar-refractivity contribution in [2.45, 2.75) is 51.3 Å². The van der Waals surface area contributed by atoms with Gasteiger partial charge in [0.05, 0.1) is 12.7 Å². The fourth-order valence-corrected chi connectivity index (χ4v) is 2.30. The molecule has 1 saturated heterocycles. The van der Waals surface area contributed by atoms with Gasteiger partial charge in [0.1, 0.15) is 0 Å². The number of nitrogens with zero attached hydrogens (tertiary/aromatic N) is 1. The third-order valence-corrected chi connectivity index (χ3v) is 3.10. The van der Waals surface area contributed by atoms with Crippen molar-refractivity contribution in [3.8, 4) is 0 Å². The highest BCUT2D eigenvalue weighted by atomic mass is 16.5. The van der Waals surface area contributed by atoms with Crippen LogP contribution in [-0.2, 0) is 4.74 Å². The van der Waals surface area contributed by atoms with E-state index in [1.807, 2.05) is 0 Å². The van der Waals surface area contributed by atoms with Gasteiger partial charge in [-0.2, -0.15) is 0 Å². The van der Waals surface area contributed by atoms with Gasteiger partial charge in [0.2, 0.25) is 0 Å². The normalized spacial score (nSPS) is 37.2. The van der Waals surface area contributed by atoms with Crippen LogP contribution in [0.3, 0.4) is 0 Å². The van der Waals surface area contributed by atoms with Crippen molar-refractivity contribution < 1.29 is 4.74 Å². The number of ether oxygens (including phenoxy) is 1. The predicted octanol–water partition coefficient (Wildman–Crippen LogP) is 1.65. The van der Waals surface area contributed by atoms with Crippen molar-refractivity contribution in [3.05, 3.63) is 0 Å². The molecule has 0 amide bonds. The summed E-state index contributed by atoms with van der Waals surface area (Å²) >= 11 is 0. The molecule has 2 rings (SSSR count). The van der Waals surface area contributed by atoms with Crippen LogP contribution in [0.15, 0.2) is 0 Å². The van der Waals surface area contributed by atoms with E-state index in [-0.39, 0.29) is 0 Å². The minimum Gasteiger partial charge on any atom is -0.375 e. The molecule has 0 spiro atoms. The molecular weight excluding hydrogens is 150 g/mol. The van der Waals surface area contributed by atoms with Crippen LogP contribution in [0.4, 0.5) is 0 Å². The van der Waals surface area contributed by atoms with Gasteiger partial charge in [-0.1, -0.05) is 0 Å². The largest absolute Gasteiger partial charge is 0.375 e. The van der Waals surface area contributed by atoms with E-state index in [1.165, 1.54) is 12.8 Å². The fraction of sp³-hybridized carbons (Fsp3) is 1.00. The summed E-state index contributed by atoms with van der Waals surface area (Å²) in [6.45, 7) is 8.94. The zero-order valence-corrected chi connectivity index (χ0v) is 8.34. The Hall–Kier alpha value is -0.0800. The summed E-state index contributed by atoms with van der Waals surface area (Å²) in [5.41, 5.74) is 0.327. The maximum atomic E-state index is 5.66. The zero-order valence-electron chi connectivity index (χ0n) is 8.34. The molecule has 1 saturated carbocycles. The quantitative estimate of drug-likeness (QED) is 0.546. The monoisotopic (exact) mass is 169 g/mol. The molecule has 2 nitrogen and oxygen atoms in total. The van der Waals surface area contributed by atoms with Crippen LogP contribution in [0, 0.1) is 0 Å². The number of morpholine rings is 1. The number of hydrogen-bond donors (Lipinski definition) is 0. The Kier molecular flexibility index (Phi) is 1.92. The molecule has 1 aliphatic carbocycles. The molecule has 1 heterocycles. The molecular formula is C10H19NO. The first-order valence-electron chi connectivity index (χ1n) is 4.97. The molecule has 0 radical (unpaired) electrons. The Balaban J connectivity index is 2.05. The van der Waals surface area contributed by atoms with Gasteiger partial charge in [-0.05, 0) is 33.6 Å². The third-order valence-electron chi connectivity index (χ3n) is 3.10. The smallest absolute Gasteiger partial charge is 0.0731 e. The Labute approximate surface area is 74.9 Å². The summed E-state index contributed by atoms with van der Waals surface area (Å²) in [7, 11) is 0. The average Bonchev–Trinajstić information content (AvgIpc) is 1.88. The molecule has 1 unspecified atom stereocenters. The first-order valence-corrected chi connectivity index (χ1v) is 4.97. The van der Waals surface area contributed by atoms with Crippen LogP contribution >= 0.6 is 0 Å². The highest BCUT2D eigenvalue weighted by Crippen LogP contribution is 2.35. The Morgan fingerprint density at radius 3 is 2.42 bits per heavy atom. The van der Waals surface area contributed by atoms with Crippen LogP contribution in [0.25, 0.3) is 0 Å². The Morgan fingerprint density at radius 2 is 2.00 bits per heavy atom. The summed E-state index contributed by atoms with van der Waals surface area (Å²) in [5, 5.41) is 0. The van der Waals surface area contributed by atoms with E-state index in [1.54, 1.807) is 0 Å². The Morgan fingerprint density at radius 1 is 1.25 bits per heavy atom. The summed E-state index contributed by atoms with van der Waals surface area (Å²) in [4.78, 5) is 2.60. The molecule has 2 heteroatoms. The van der Waals surface area contributed by atoms with E-state index >= 15 is 0 Å². The fourth-order valence-electron chi connectivity index (χ4n) is 2.30. The minimum atomic E-state index is 0.327. The van der Waals surface area contributed by atoms with Gasteiger partial charge < -0.3 is 4.74 Å². The van der Waals surface area contributed by atoms with Gasteiger partial charge in [0.15, 0.2) is 0 Å². The molecule has 0 aromatic heterocycles. The second-order valence-corrected chi connectivity index (χ2v) is 4.92. The molecule has 0 aromatic rings. The van der Waals surface area contributed by atoms with Crippen molar-refractivity contribution in [2.75, 3.05) is 13.2 Å². The summed E-state index contributed by atoms with van der Waals surface area (Å²) in [6, 6.07) is 0.721. The molecule has 0 bridgehead atoms. The van der Waals surface area contributed by atoms with Crippen LogP contribution in [0.1, 0.15) is 33.6 Å². The van der Waals surface area contributed by atoms with Gasteiger partial charge in [0, 0.05) is 18.1 Å². The lowest BCUT2D eigenvalue weighted by Gasteiger charge is -2.53. The van der Waals surface area contributed by atoms with Crippen LogP contribution < -0.4 is 0 Å². The SMILES string of the molecule is CC(C)(C)N1CCO[C@H]2CCC21. The molecule has 70 valence electrons. The highest BCUT2D eigenvalue weighted by Gasteiger charge is 2.43. The standard InChI is InChI=1S/C10H19NO/c1-10(2,3)11-6-7-12-9-5-4-8(9)11/h8-9H,4-7H2,1-3H3/t8?,9-/m0/s1. The van der Waals surface area contributed by atoms with Gasteiger partial charge in [-0.15, -0.1) is 0 Å². The van der Waals surface area contributed by atoms with Crippen LogP contribution in [-0.4, -0.2) is 35.7 Å². The highest BCUT2D eigenvalue weighted by molar-refractivity contribution is 4.97. The number of fused-ring (bicyclic) bond motifs is 1. The van der Waals surface area contributed by atoms with Crippen molar-refractivity contribution in [1.82, 2.24) is 4.90 Å². The predicted molar refractivity (Wildman–Crippen MR) is 49.2 cm³/mol. The van der Waals surface area contributed by atoms with E-state index in [0.29, 0.717) is 11.6 Å². The molecule has 0 aromatic carbocycles. The van der Waals surface area contributed by atoms with Gasteiger partial charge in [0.25, 0.3) is 0 Å². The van der Waals surface area contributed by atoms with Crippen molar-refractivity contribution in [1.29, 1.82) is 0 Å². The van der Waals surface area contributed by atoms with E-state index in [0.717, 1.165) is 19.2 Å². The second kappa shape index (κ2) is 2.71. The molecule has 12 heavy (non-hydrogen) atoms. The molecule has 1 aliphatic heterocycles. The van der Waals surface area contributed by atoms with Crippen LogP contribution in [0.5, 0.6) is 0 Å². The van der Waals surface area contributed by atoms with E-state index in [9.17, 15) is 0 Å². The zero-order chi connectivity index (χ0) is 8.77. The lowest BCUT2D eigenvalue weighted by molar-refractivity contribution is -0.146. The van der Waals surface area contributed by atoms with E-state index < -0.39 is 0 Å². The van der Waals surface area contributed by atoms with E-state index in [4.69, 9.17) is 4.74 Å². The minimum absolute atomic E-state index is 0.327. The van der Waals surface area contributed by atoms with Crippen LogP contribution in [0.2, 0.25) is 0 Å². The summed E-state index contributed by atoms with van der Waals surface area (Å²) in [5.74, 6) is 0. The second-order valence-electron chi connectivity index (χ2n) is 4.92. The first kappa shape index (κ1) is 8.52. The third kappa shape index (κ3) is 1.27. The van der Waals surface area contributed by atoms with E-state index in [2.05, 4.69) is 25.7 Å². The Bertz CT molecular complexity index is 173. The van der Waals surface area contributed by atoms with Gasteiger partial charge in [-0.3, -0.25) is 4.90 Å². The average molecular weight is 169 g/mol. The van der Waals surface area contributed by atoms with Crippen molar-refractivity contribution >= 4 is 0 Å². The van der Waals surface area contributed by atoms with Crippen molar-refractivity contribution in [3.63, 3.8) is 0 Å². The topological polar surface area (TPSA) is 12.5 Å². The summed E-state index contributed by atoms with van der Waals surface area (Å²) < 4.78 is 5.66. The lowest BCUT2D eigenvalue weighted by Crippen LogP contribution is -2.62. The molecule has 2 aliphatic rings. The number of rotatable bonds is 0. The van der Waals surface area contributed by atoms with Gasteiger partial charge in [-0.25, -0.2) is 0 Å². The molecule has 2 fully saturated rings. The number of hydrogen-bond acceptors (Lipinski definition) is 2. The van der Waals surface area contributed by atoms with Gasteiger partial charge >= 0.3 is 0 Å². The summed E-state index contributed by atoms with van der Waals surface area (Å²) in [6.07, 6.45) is 3.16. The maximum Gasteiger partial charge on any atom is 0.0731 e. The molecule has 2 atom stereocenters. The van der Waals surface area contributed by atoms with Crippen molar-refractivity contribution in [2.24, 2.45) is 0 Å². The maximum absolute atomic E-state index is 5.66. The first-order chi connectivity index (χ1) is 5.59.